The van der Waals surface area contributed by atoms with Gasteiger partial charge in [0.25, 0.3) is 0 Å². The number of aliphatic hydroxyl groups excluding tert-OH is 1. The molecule has 1 fully saturated rings. The summed E-state index contributed by atoms with van der Waals surface area (Å²) in [5, 5.41) is 13.1. The second-order valence-corrected chi connectivity index (χ2v) is 8.68. The fourth-order valence-corrected chi connectivity index (χ4v) is 3.67. The maximum Gasteiger partial charge on any atom is 0.325 e. The molecule has 1 aliphatic heterocycles. The van der Waals surface area contributed by atoms with Crippen molar-refractivity contribution >= 4 is 11.8 Å². The molecule has 1 atom stereocenters. The quantitative estimate of drug-likeness (QED) is 0.627. The lowest BCUT2D eigenvalue weighted by Gasteiger charge is -2.27. The van der Waals surface area contributed by atoms with Gasteiger partial charge < -0.3 is 9.84 Å². The Morgan fingerprint density at radius 3 is 2.62 bits per heavy atom. The Labute approximate surface area is 187 Å². The van der Waals surface area contributed by atoms with Gasteiger partial charge in [-0.15, -0.1) is 0 Å². The predicted octanol–water partition coefficient (Wildman–Crippen LogP) is 4.53. The van der Waals surface area contributed by atoms with Gasteiger partial charge in [0.15, 0.2) is 0 Å². The van der Waals surface area contributed by atoms with E-state index in [1.165, 1.54) is 4.90 Å². The Hall–Kier alpha value is -3.52. The van der Waals surface area contributed by atoms with E-state index in [1.54, 1.807) is 30.6 Å². The minimum absolute atomic E-state index is 0.323. The first-order valence-corrected chi connectivity index (χ1v) is 10.5. The molecule has 0 aliphatic carbocycles. The maximum atomic E-state index is 12.6. The average Bonchev–Trinajstić information content (AvgIpc) is 3.03. The molecule has 166 valence electrons. The van der Waals surface area contributed by atoms with Crippen molar-refractivity contribution < 1.29 is 14.6 Å². The molecule has 3 aromatic heterocycles. The van der Waals surface area contributed by atoms with Gasteiger partial charge in [-0.25, -0.2) is 9.78 Å². The van der Waals surface area contributed by atoms with Crippen LogP contribution in [0.5, 0.6) is 11.5 Å². The van der Waals surface area contributed by atoms with Crippen molar-refractivity contribution in [3.8, 4) is 22.8 Å². The minimum atomic E-state index is -0.823. The van der Waals surface area contributed by atoms with E-state index in [1.807, 2.05) is 45.9 Å². The fourth-order valence-electron chi connectivity index (χ4n) is 3.67. The van der Waals surface area contributed by atoms with Crippen LogP contribution in [0.3, 0.4) is 0 Å². The Morgan fingerprint density at radius 1 is 1.16 bits per heavy atom. The van der Waals surface area contributed by atoms with Gasteiger partial charge in [-0.2, -0.15) is 0 Å². The summed E-state index contributed by atoms with van der Waals surface area (Å²) < 4.78 is 6.02. The van der Waals surface area contributed by atoms with Crippen LogP contribution in [0.15, 0.2) is 48.8 Å². The molecule has 4 heterocycles. The van der Waals surface area contributed by atoms with E-state index in [0.29, 0.717) is 29.6 Å². The lowest BCUT2D eigenvalue weighted by atomic mass is 9.91. The number of pyridine rings is 3. The van der Waals surface area contributed by atoms with Crippen LogP contribution >= 0.6 is 0 Å². The number of anilines is 1. The summed E-state index contributed by atoms with van der Waals surface area (Å²) in [6.45, 7) is 8.14. The second-order valence-electron chi connectivity index (χ2n) is 8.68. The molecule has 0 radical (unpaired) electrons. The largest absolute Gasteiger partial charge is 0.455 e. The molecule has 0 aromatic carbocycles. The highest BCUT2D eigenvalue weighted by atomic mass is 16.5. The first kappa shape index (κ1) is 21.7. The first-order chi connectivity index (χ1) is 15.2. The van der Waals surface area contributed by atoms with Crippen LogP contribution < -0.4 is 10.1 Å². The molecule has 3 aromatic rings. The number of rotatable bonds is 4. The topological polar surface area (TPSA) is 100 Å². The van der Waals surface area contributed by atoms with Crippen molar-refractivity contribution in [3.05, 3.63) is 60.2 Å². The third-order valence-electron chi connectivity index (χ3n) is 5.68. The van der Waals surface area contributed by atoms with Crippen molar-refractivity contribution in [2.45, 2.75) is 40.3 Å². The Bertz CT molecular complexity index is 1150. The van der Waals surface area contributed by atoms with Gasteiger partial charge >= 0.3 is 6.03 Å². The van der Waals surface area contributed by atoms with Crippen LogP contribution in [0.1, 0.15) is 31.7 Å². The number of ether oxygens (including phenoxy) is 1. The zero-order valence-corrected chi connectivity index (χ0v) is 18.7. The van der Waals surface area contributed by atoms with Crippen molar-refractivity contribution in [1.29, 1.82) is 0 Å². The molecule has 0 saturated carbocycles. The van der Waals surface area contributed by atoms with E-state index in [0.717, 1.165) is 23.4 Å². The molecule has 8 nitrogen and oxygen atoms in total. The highest BCUT2D eigenvalue weighted by molar-refractivity contribution is 5.88. The van der Waals surface area contributed by atoms with Crippen LogP contribution in [0, 0.1) is 19.3 Å². The minimum Gasteiger partial charge on any atom is -0.455 e. The molecular weight excluding hydrogens is 406 g/mol. The molecular formula is C24H27N5O3. The van der Waals surface area contributed by atoms with Gasteiger partial charge in [-0.05, 0) is 50.6 Å². The zero-order valence-electron chi connectivity index (χ0n) is 18.7. The number of hydrogen-bond acceptors (Lipinski definition) is 6. The van der Waals surface area contributed by atoms with Gasteiger partial charge in [-0.3, -0.25) is 20.2 Å². The molecule has 1 unspecified atom stereocenters. The van der Waals surface area contributed by atoms with Gasteiger partial charge in [0.1, 0.15) is 23.5 Å². The standard InChI is InChI=1S/C24H27N5O3/c1-15-13-17(7-10-25-15)19-14-18(8-11-26-19)32-20-5-6-21(27-16(20)2)28-23(31)29-12-9-24(3,4)22(29)30/h5-8,10-11,13-14,22,30H,9,12H2,1-4H3,(H,27,28,31). The van der Waals surface area contributed by atoms with Crippen LogP contribution in [0.25, 0.3) is 11.3 Å². The van der Waals surface area contributed by atoms with E-state index < -0.39 is 6.23 Å². The average molecular weight is 434 g/mol. The van der Waals surface area contributed by atoms with E-state index >= 15 is 0 Å². The van der Waals surface area contributed by atoms with Crippen molar-refractivity contribution in [3.63, 3.8) is 0 Å². The van der Waals surface area contributed by atoms with Crippen molar-refractivity contribution in [2.75, 3.05) is 11.9 Å². The monoisotopic (exact) mass is 433 g/mol. The summed E-state index contributed by atoms with van der Waals surface area (Å²) in [4.78, 5) is 27.1. The fraction of sp³-hybridized carbons (Fsp3) is 0.333. The zero-order chi connectivity index (χ0) is 22.9. The first-order valence-electron chi connectivity index (χ1n) is 10.5. The lowest BCUT2D eigenvalue weighted by Crippen LogP contribution is -2.42. The summed E-state index contributed by atoms with van der Waals surface area (Å²) >= 11 is 0. The summed E-state index contributed by atoms with van der Waals surface area (Å²) in [7, 11) is 0. The van der Waals surface area contributed by atoms with Crippen molar-refractivity contribution in [1.82, 2.24) is 19.9 Å². The lowest BCUT2D eigenvalue weighted by molar-refractivity contribution is -0.00117. The third kappa shape index (κ3) is 4.55. The smallest absolute Gasteiger partial charge is 0.325 e. The van der Waals surface area contributed by atoms with E-state index in [4.69, 9.17) is 4.74 Å². The number of carbonyl (C=O) groups is 1. The number of aliphatic hydroxyl groups is 1. The Balaban J connectivity index is 1.46. The number of nitrogens with zero attached hydrogens (tertiary/aromatic N) is 4. The third-order valence-corrected chi connectivity index (χ3v) is 5.68. The van der Waals surface area contributed by atoms with Crippen LogP contribution in [-0.4, -0.2) is 43.8 Å². The number of amides is 2. The predicted molar refractivity (Wildman–Crippen MR) is 121 cm³/mol. The molecule has 0 bridgehead atoms. The second kappa shape index (κ2) is 8.55. The number of nitrogens with one attached hydrogen (secondary N) is 1. The van der Waals surface area contributed by atoms with Gasteiger partial charge in [0.05, 0.1) is 11.4 Å². The highest BCUT2D eigenvalue weighted by Crippen LogP contribution is 2.35. The summed E-state index contributed by atoms with van der Waals surface area (Å²) in [6.07, 6.45) is 3.37. The van der Waals surface area contributed by atoms with Gasteiger partial charge in [0.2, 0.25) is 0 Å². The highest BCUT2D eigenvalue weighted by Gasteiger charge is 2.41. The number of hydrogen-bond donors (Lipinski definition) is 2. The molecule has 4 rings (SSSR count). The number of carbonyl (C=O) groups excluding carboxylic acids is 1. The van der Waals surface area contributed by atoms with Crippen molar-refractivity contribution in [2.24, 2.45) is 5.41 Å². The number of likely N-dealkylation sites (tertiary alicyclic amines) is 1. The SMILES string of the molecule is Cc1cc(-c2cc(Oc3ccc(NC(=O)N4CCC(C)(C)C4O)nc3C)ccn2)ccn1. The van der Waals surface area contributed by atoms with E-state index in [-0.39, 0.29) is 11.4 Å². The number of aryl methyl sites for hydroxylation is 2. The Kier molecular flexibility index (Phi) is 5.80. The normalized spacial score (nSPS) is 17.3. The number of aromatic nitrogens is 3. The molecule has 32 heavy (non-hydrogen) atoms. The van der Waals surface area contributed by atoms with Crippen LogP contribution in [-0.2, 0) is 0 Å². The number of urea groups is 1. The van der Waals surface area contributed by atoms with Crippen LogP contribution in [0.4, 0.5) is 10.6 Å². The van der Waals surface area contributed by atoms with E-state index in [2.05, 4.69) is 20.3 Å². The van der Waals surface area contributed by atoms with Gasteiger partial charge in [-0.1, -0.05) is 13.8 Å². The molecule has 0 spiro atoms. The van der Waals surface area contributed by atoms with Crippen LogP contribution in [0.2, 0.25) is 0 Å². The maximum absolute atomic E-state index is 12.6. The molecule has 1 aliphatic rings. The molecule has 2 amide bonds. The molecule has 2 N–H and O–H groups in total. The molecule has 1 saturated heterocycles. The Morgan fingerprint density at radius 2 is 1.94 bits per heavy atom. The summed E-state index contributed by atoms with van der Waals surface area (Å²) in [5.41, 5.74) is 2.97. The van der Waals surface area contributed by atoms with Gasteiger partial charge in [0, 0.05) is 41.7 Å². The summed E-state index contributed by atoms with van der Waals surface area (Å²) in [5.74, 6) is 1.61. The van der Waals surface area contributed by atoms with E-state index in [9.17, 15) is 9.90 Å². The summed E-state index contributed by atoms with van der Waals surface area (Å²) in [6, 6.07) is 10.6. The molecule has 8 heteroatoms.